The minimum Gasteiger partial charge on any atom is -0.465 e. The summed E-state index contributed by atoms with van der Waals surface area (Å²) in [6.07, 6.45) is 1.03. The van der Waals surface area contributed by atoms with Crippen molar-refractivity contribution in [3.05, 3.63) is 11.9 Å². The van der Waals surface area contributed by atoms with Crippen molar-refractivity contribution in [2.24, 2.45) is 0 Å². The Morgan fingerprint density at radius 2 is 2.05 bits per heavy atom. The maximum absolute atomic E-state index is 11.5. The van der Waals surface area contributed by atoms with Gasteiger partial charge in [-0.15, -0.1) is 0 Å². The average Bonchev–Trinajstić information content (AvgIpc) is 2.42. The van der Waals surface area contributed by atoms with Crippen molar-refractivity contribution in [1.29, 1.82) is 0 Å². The number of carbonyl (C=O) groups excluding carboxylic acids is 1. The SMILES string of the molecule is CCCNc1cc(SCC(=O)OCC)nc(C(C)(C)C)n1. The Hall–Kier alpha value is -1.30. The Balaban J connectivity index is 2.88. The van der Waals surface area contributed by atoms with Crippen LogP contribution in [0.5, 0.6) is 0 Å². The molecule has 21 heavy (non-hydrogen) atoms. The number of aromatic nitrogens is 2. The van der Waals surface area contributed by atoms with Gasteiger partial charge in [0.2, 0.25) is 0 Å². The van der Waals surface area contributed by atoms with E-state index < -0.39 is 0 Å². The Kier molecular flexibility index (Phi) is 6.95. The maximum atomic E-state index is 11.5. The number of esters is 1. The molecule has 0 aliphatic rings. The Morgan fingerprint density at radius 1 is 1.33 bits per heavy atom. The molecule has 0 aliphatic heterocycles. The van der Waals surface area contributed by atoms with E-state index in [9.17, 15) is 4.79 Å². The molecule has 6 heteroatoms. The third-order valence-electron chi connectivity index (χ3n) is 2.57. The van der Waals surface area contributed by atoms with Gasteiger partial charge in [0.1, 0.15) is 16.7 Å². The Morgan fingerprint density at radius 3 is 2.62 bits per heavy atom. The van der Waals surface area contributed by atoms with Gasteiger partial charge in [-0.3, -0.25) is 4.79 Å². The van der Waals surface area contributed by atoms with E-state index in [1.807, 2.05) is 6.07 Å². The minimum atomic E-state index is -0.221. The monoisotopic (exact) mass is 311 g/mol. The summed E-state index contributed by atoms with van der Waals surface area (Å²) in [5, 5.41) is 4.07. The molecule has 1 N–H and O–H groups in total. The molecule has 5 nitrogen and oxygen atoms in total. The van der Waals surface area contributed by atoms with E-state index in [4.69, 9.17) is 4.74 Å². The van der Waals surface area contributed by atoms with Gasteiger partial charge in [-0.2, -0.15) is 0 Å². The molecule has 1 heterocycles. The quantitative estimate of drug-likeness (QED) is 0.474. The van der Waals surface area contributed by atoms with Crippen LogP contribution in [-0.2, 0) is 14.9 Å². The van der Waals surface area contributed by atoms with Gasteiger partial charge in [0.15, 0.2) is 0 Å². The van der Waals surface area contributed by atoms with E-state index >= 15 is 0 Å². The van der Waals surface area contributed by atoms with Gasteiger partial charge in [0.25, 0.3) is 0 Å². The van der Waals surface area contributed by atoms with Crippen LogP contribution >= 0.6 is 11.8 Å². The van der Waals surface area contributed by atoms with Crippen LogP contribution in [0.1, 0.15) is 46.9 Å². The molecular weight excluding hydrogens is 286 g/mol. The summed E-state index contributed by atoms with van der Waals surface area (Å²) in [6.45, 7) is 11.4. The van der Waals surface area contributed by atoms with Gasteiger partial charge < -0.3 is 10.1 Å². The standard InChI is InChI=1S/C15H25N3O2S/c1-6-8-16-11-9-12(21-10-13(19)20-7-2)18-14(17-11)15(3,4)5/h9H,6-8,10H2,1-5H3,(H,16,17,18). The zero-order valence-electron chi connectivity index (χ0n) is 13.5. The topological polar surface area (TPSA) is 64.1 Å². The third-order valence-corrected chi connectivity index (χ3v) is 3.46. The van der Waals surface area contributed by atoms with Crippen molar-refractivity contribution in [2.45, 2.75) is 51.5 Å². The lowest BCUT2D eigenvalue weighted by Crippen LogP contribution is -2.18. The summed E-state index contributed by atoms with van der Waals surface area (Å²) < 4.78 is 4.94. The smallest absolute Gasteiger partial charge is 0.316 e. The second-order valence-corrected chi connectivity index (χ2v) is 6.68. The number of carbonyl (C=O) groups is 1. The molecule has 0 spiro atoms. The van der Waals surface area contributed by atoms with E-state index in [1.54, 1.807) is 6.92 Å². The number of hydrogen-bond donors (Lipinski definition) is 1. The summed E-state index contributed by atoms with van der Waals surface area (Å²) in [5.41, 5.74) is -0.136. The zero-order valence-corrected chi connectivity index (χ0v) is 14.3. The maximum Gasteiger partial charge on any atom is 0.316 e. The van der Waals surface area contributed by atoms with Gasteiger partial charge in [0.05, 0.1) is 12.4 Å². The molecular formula is C15H25N3O2S. The van der Waals surface area contributed by atoms with E-state index in [0.29, 0.717) is 6.61 Å². The van der Waals surface area contributed by atoms with Crippen LogP contribution in [-0.4, -0.2) is 34.8 Å². The molecule has 0 saturated heterocycles. The number of nitrogens with zero attached hydrogens (tertiary/aromatic N) is 2. The first-order valence-electron chi connectivity index (χ1n) is 7.28. The summed E-state index contributed by atoms with van der Waals surface area (Å²) >= 11 is 1.38. The number of ether oxygens (including phenoxy) is 1. The molecule has 0 amide bonds. The van der Waals surface area contributed by atoms with Crippen molar-refractivity contribution >= 4 is 23.5 Å². The lowest BCUT2D eigenvalue weighted by atomic mass is 9.96. The number of thioether (sulfide) groups is 1. The van der Waals surface area contributed by atoms with Gasteiger partial charge in [-0.1, -0.05) is 39.5 Å². The van der Waals surface area contributed by atoms with Crippen LogP contribution in [0.3, 0.4) is 0 Å². The van der Waals surface area contributed by atoms with E-state index in [-0.39, 0.29) is 17.1 Å². The highest BCUT2D eigenvalue weighted by Gasteiger charge is 2.19. The lowest BCUT2D eigenvalue weighted by Gasteiger charge is -2.18. The highest BCUT2D eigenvalue weighted by molar-refractivity contribution is 7.99. The van der Waals surface area contributed by atoms with Crippen LogP contribution in [0.2, 0.25) is 0 Å². The molecule has 0 aromatic carbocycles. The Bertz CT molecular complexity index is 472. The number of rotatable bonds is 7. The predicted molar refractivity (Wildman–Crippen MR) is 86.9 cm³/mol. The largest absolute Gasteiger partial charge is 0.465 e. The van der Waals surface area contributed by atoms with Gasteiger partial charge in [-0.05, 0) is 13.3 Å². The fraction of sp³-hybridized carbons (Fsp3) is 0.667. The number of hydrogen-bond acceptors (Lipinski definition) is 6. The van der Waals surface area contributed by atoms with E-state index in [2.05, 4.69) is 43.0 Å². The van der Waals surface area contributed by atoms with Crippen LogP contribution < -0.4 is 5.32 Å². The van der Waals surface area contributed by atoms with Crippen molar-refractivity contribution < 1.29 is 9.53 Å². The predicted octanol–water partition coefficient (Wildman–Crippen LogP) is 3.25. The van der Waals surface area contributed by atoms with Gasteiger partial charge in [0, 0.05) is 18.0 Å². The molecule has 1 rings (SSSR count). The van der Waals surface area contributed by atoms with Crippen LogP contribution in [0.25, 0.3) is 0 Å². The van der Waals surface area contributed by atoms with Gasteiger partial charge >= 0.3 is 5.97 Å². The van der Waals surface area contributed by atoms with Crippen molar-refractivity contribution in [3.63, 3.8) is 0 Å². The first-order chi connectivity index (χ1) is 9.86. The lowest BCUT2D eigenvalue weighted by molar-refractivity contribution is -0.139. The molecule has 118 valence electrons. The molecule has 1 aromatic rings. The van der Waals surface area contributed by atoms with Crippen molar-refractivity contribution in [1.82, 2.24) is 9.97 Å². The Labute approximate surface area is 131 Å². The van der Waals surface area contributed by atoms with Crippen LogP contribution in [0.15, 0.2) is 11.1 Å². The van der Waals surface area contributed by atoms with Crippen LogP contribution in [0.4, 0.5) is 5.82 Å². The third kappa shape index (κ3) is 6.33. The molecule has 0 unspecified atom stereocenters. The highest BCUT2D eigenvalue weighted by Crippen LogP contribution is 2.25. The molecule has 0 radical (unpaired) electrons. The molecule has 0 bridgehead atoms. The molecule has 1 aromatic heterocycles. The molecule has 0 fully saturated rings. The van der Waals surface area contributed by atoms with Crippen LogP contribution in [0, 0.1) is 0 Å². The first-order valence-corrected chi connectivity index (χ1v) is 8.27. The highest BCUT2D eigenvalue weighted by atomic mass is 32.2. The number of anilines is 1. The fourth-order valence-electron chi connectivity index (χ4n) is 1.51. The molecule has 0 atom stereocenters. The average molecular weight is 311 g/mol. The second kappa shape index (κ2) is 8.22. The van der Waals surface area contributed by atoms with E-state index in [0.717, 1.165) is 29.6 Å². The zero-order chi connectivity index (χ0) is 15.9. The fourth-order valence-corrected chi connectivity index (χ4v) is 2.21. The summed E-state index contributed by atoms with van der Waals surface area (Å²) in [4.78, 5) is 20.6. The van der Waals surface area contributed by atoms with Crippen molar-refractivity contribution in [2.75, 3.05) is 24.2 Å². The van der Waals surface area contributed by atoms with Gasteiger partial charge in [-0.25, -0.2) is 9.97 Å². The second-order valence-electron chi connectivity index (χ2n) is 5.69. The molecule has 0 saturated carbocycles. The normalized spacial score (nSPS) is 11.3. The van der Waals surface area contributed by atoms with E-state index in [1.165, 1.54) is 11.8 Å². The summed E-state index contributed by atoms with van der Waals surface area (Å²) in [5.74, 6) is 1.63. The first kappa shape index (κ1) is 17.8. The summed E-state index contributed by atoms with van der Waals surface area (Å²) in [7, 11) is 0. The summed E-state index contributed by atoms with van der Waals surface area (Å²) in [6, 6.07) is 1.88. The number of nitrogens with one attached hydrogen (secondary N) is 1. The van der Waals surface area contributed by atoms with Crippen molar-refractivity contribution in [3.8, 4) is 0 Å². The minimum absolute atomic E-state index is 0.136. The molecule has 0 aliphatic carbocycles.